The number of ether oxygens (including phenoxy) is 1. The predicted octanol–water partition coefficient (Wildman–Crippen LogP) is 1.78. The molecule has 2 atom stereocenters. The van der Waals surface area contributed by atoms with Crippen LogP contribution in [0.25, 0.3) is 0 Å². The van der Waals surface area contributed by atoms with Gasteiger partial charge in [0.15, 0.2) is 6.61 Å². The second kappa shape index (κ2) is 7.26. The summed E-state index contributed by atoms with van der Waals surface area (Å²) >= 11 is 0. The highest BCUT2D eigenvalue weighted by Gasteiger charge is 2.24. The number of aryl methyl sites for hydroxylation is 1. The molecule has 0 aromatic carbocycles. The molecule has 0 bridgehead atoms. The first-order valence-electron chi connectivity index (χ1n) is 7.65. The Morgan fingerprint density at radius 3 is 2.74 bits per heavy atom. The number of rotatable bonds is 5. The van der Waals surface area contributed by atoms with E-state index in [2.05, 4.69) is 12.2 Å². The first-order valence-corrected chi connectivity index (χ1v) is 7.65. The second-order valence-electron chi connectivity index (χ2n) is 5.96. The number of esters is 1. The monoisotopic (exact) mass is 323 g/mol. The van der Waals surface area contributed by atoms with Crippen molar-refractivity contribution < 1.29 is 19.2 Å². The maximum atomic E-state index is 11.9. The highest BCUT2D eigenvalue weighted by atomic mass is 16.6. The van der Waals surface area contributed by atoms with Crippen LogP contribution in [0.15, 0.2) is 12.3 Å². The molecule has 2 rings (SSSR count). The molecule has 1 fully saturated rings. The summed E-state index contributed by atoms with van der Waals surface area (Å²) in [6.07, 6.45) is 5.50. The van der Waals surface area contributed by atoms with Crippen LogP contribution < -0.4 is 5.32 Å². The van der Waals surface area contributed by atoms with Gasteiger partial charge in [-0.05, 0) is 18.8 Å². The van der Waals surface area contributed by atoms with Gasteiger partial charge in [-0.15, -0.1) is 0 Å². The summed E-state index contributed by atoms with van der Waals surface area (Å²) in [5, 5.41) is 13.6. The topological polar surface area (TPSA) is 103 Å². The molecule has 1 N–H and O–H groups in total. The van der Waals surface area contributed by atoms with E-state index in [4.69, 9.17) is 4.74 Å². The molecule has 0 aliphatic heterocycles. The summed E-state index contributed by atoms with van der Waals surface area (Å²) in [7, 11) is 1.51. The largest absolute Gasteiger partial charge is 0.451 e. The van der Waals surface area contributed by atoms with Crippen molar-refractivity contribution in [2.75, 3.05) is 6.61 Å². The van der Waals surface area contributed by atoms with Gasteiger partial charge in [0.1, 0.15) is 5.69 Å². The van der Waals surface area contributed by atoms with E-state index < -0.39 is 10.9 Å². The molecule has 8 heteroatoms. The van der Waals surface area contributed by atoms with Crippen LogP contribution in [0.3, 0.4) is 0 Å². The van der Waals surface area contributed by atoms with Gasteiger partial charge in [0.25, 0.3) is 11.6 Å². The smallest absolute Gasteiger partial charge is 0.355 e. The molecule has 1 heterocycles. The molecule has 8 nitrogen and oxygen atoms in total. The highest BCUT2D eigenvalue weighted by molar-refractivity contribution is 5.90. The Bertz CT molecular complexity index is 610. The maximum absolute atomic E-state index is 11.9. The minimum absolute atomic E-state index is 0.0375. The molecule has 1 saturated carbocycles. The van der Waals surface area contributed by atoms with Crippen LogP contribution in [-0.4, -0.2) is 34.0 Å². The van der Waals surface area contributed by atoms with Crippen molar-refractivity contribution >= 4 is 17.6 Å². The van der Waals surface area contributed by atoms with Crippen LogP contribution in [0.1, 0.15) is 43.1 Å². The van der Waals surface area contributed by atoms with Crippen molar-refractivity contribution in [2.45, 2.75) is 38.6 Å². The van der Waals surface area contributed by atoms with Crippen molar-refractivity contribution in [1.82, 2.24) is 9.88 Å². The zero-order chi connectivity index (χ0) is 17.0. The lowest BCUT2D eigenvalue weighted by molar-refractivity contribution is -0.384. The van der Waals surface area contributed by atoms with Gasteiger partial charge in [-0.25, -0.2) is 4.79 Å². The maximum Gasteiger partial charge on any atom is 0.355 e. The average Bonchev–Trinajstić information content (AvgIpc) is 2.89. The highest BCUT2D eigenvalue weighted by Crippen LogP contribution is 2.23. The third kappa shape index (κ3) is 4.30. The van der Waals surface area contributed by atoms with Gasteiger partial charge < -0.3 is 14.6 Å². The van der Waals surface area contributed by atoms with Gasteiger partial charge in [0.05, 0.1) is 11.1 Å². The number of carbonyl (C=O) groups is 2. The van der Waals surface area contributed by atoms with E-state index in [1.54, 1.807) is 0 Å². The zero-order valence-corrected chi connectivity index (χ0v) is 13.3. The van der Waals surface area contributed by atoms with Gasteiger partial charge in [0.2, 0.25) is 0 Å². The van der Waals surface area contributed by atoms with Crippen LogP contribution >= 0.6 is 0 Å². The summed E-state index contributed by atoms with van der Waals surface area (Å²) in [6.45, 7) is 1.71. The summed E-state index contributed by atoms with van der Waals surface area (Å²) in [4.78, 5) is 33.9. The van der Waals surface area contributed by atoms with E-state index in [1.165, 1.54) is 24.2 Å². The molecule has 1 aromatic rings. The number of nitrogens with zero attached hydrogens (tertiary/aromatic N) is 2. The van der Waals surface area contributed by atoms with Crippen molar-refractivity contribution in [2.24, 2.45) is 13.0 Å². The minimum atomic E-state index is -0.757. The van der Waals surface area contributed by atoms with E-state index in [1.807, 2.05) is 0 Å². The molecular formula is C15H21N3O5. The Morgan fingerprint density at radius 2 is 2.13 bits per heavy atom. The molecule has 0 radical (unpaired) electrons. The van der Waals surface area contributed by atoms with Crippen molar-refractivity contribution in [1.29, 1.82) is 0 Å². The fraction of sp³-hybridized carbons (Fsp3) is 0.600. The van der Waals surface area contributed by atoms with Crippen LogP contribution in [0.5, 0.6) is 0 Å². The molecule has 1 amide bonds. The van der Waals surface area contributed by atoms with Gasteiger partial charge >= 0.3 is 5.97 Å². The number of nitro groups is 1. The SMILES string of the molecule is C[C@@H]1CCCC[C@H]1NC(=O)COC(=O)c1cc([N+](=O)[O-])cn1C. The molecule has 126 valence electrons. The number of hydrogen-bond acceptors (Lipinski definition) is 5. The van der Waals surface area contributed by atoms with E-state index in [9.17, 15) is 19.7 Å². The minimum Gasteiger partial charge on any atom is -0.451 e. The summed E-state index contributed by atoms with van der Waals surface area (Å²) in [5.74, 6) is -0.688. The van der Waals surface area contributed by atoms with E-state index >= 15 is 0 Å². The van der Waals surface area contributed by atoms with Crippen LogP contribution in [-0.2, 0) is 16.6 Å². The third-order valence-electron chi connectivity index (χ3n) is 4.20. The summed E-state index contributed by atoms with van der Waals surface area (Å²) in [5.41, 5.74) is -0.157. The Kier molecular flexibility index (Phi) is 5.36. The van der Waals surface area contributed by atoms with Gasteiger partial charge in [0, 0.05) is 19.2 Å². The normalized spacial score (nSPS) is 20.8. The van der Waals surface area contributed by atoms with E-state index in [0.29, 0.717) is 5.92 Å². The number of amides is 1. The first-order chi connectivity index (χ1) is 10.9. The number of aromatic nitrogens is 1. The first kappa shape index (κ1) is 17.0. The second-order valence-corrected chi connectivity index (χ2v) is 5.96. The Labute approximate surface area is 133 Å². The molecule has 1 aliphatic rings. The van der Waals surface area contributed by atoms with E-state index in [-0.39, 0.29) is 29.9 Å². The van der Waals surface area contributed by atoms with Gasteiger partial charge in [-0.2, -0.15) is 0 Å². The van der Waals surface area contributed by atoms with E-state index in [0.717, 1.165) is 25.3 Å². The number of nitrogens with one attached hydrogen (secondary N) is 1. The van der Waals surface area contributed by atoms with Crippen LogP contribution in [0.4, 0.5) is 5.69 Å². The molecule has 1 aliphatic carbocycles. The molecular weight excluding hydrogens is 302 g/mol. The molecule has 0 spiro atoms. The van der Waals surface area contributed by atoms with Crippen molar-refractivity contribution in [3.63, 3.8) is 0 Å². The summed E-state index contributed by atoms with van der Waals surface area (Å²) in [6, 6.07) is 1.25. The molecule has 0 saturated heterocycles. The Hall–Kier alpha value is -2.38. The third-order valence-corrected chi connectivity index (χ3v) is 4.20. The average molecular weight is 323 g/mol. The standard InChI is InChI=1S/C15H21N3O5/c1-10-5-3-4-6-12(10)16-14(19)9-23-15(20)13-7-11(18(21)22)8-17(13)2/h7-8,10,12H,3-6,9H2,1-2H3,(H,16,19)/t10-,12-/m1/s1. The fourth-order valence-electron chi connectivity index (χ4n) is 2.83. The number of hydrogen-bond donors (Lipinski definition) is 1. The Morgan fingerprint density at radius 1 is 1.43 bits per heavy atom. The predicted molar refractivity (Wildman–Crippen MR) is 81.9 cm³/mol. The molecule has 1 aromatic heterocycles. The molecule has 23 heavy (non-hydrogen) atoms. The lowest BCUT2D eigenvalue weighted by atomic mass is 9.86. The molecule has 0 unspecified atom stereocenters. The Balaban J connectivity index is 1.86. The fourth-order valence-corrected chi connectivity index (χ4v) is 2.83. The lowest BCUT2D eigenvalue weighted by Crippen LogP contribution is -2.42. The van der Waals surface area contributed by atoms with Crippen LogP contribution in [0.2, 0.25) is 0 Å². The number of carbonyl (C=O) groups excluding carboxylic acids is 2. The van der Waals surface area contributed by atoms with Gasteiger partial charge in [-0.3, -0.25) is 14.9 Å². The summed E-state index contributed by atoms with van der Waals surface area (Å²) < 4.78 is 6.25. The van der Waals surface area contributed by atoms with Gasteiger partial charge in [-0.1, -0.05) is 19.8 Å². The lowest BCUT2D eigenvalue weighted by Gasteiger charge is -2.29. The van der Waals surface area contributed by atoms with Crippen molar-refractivity contribution in [3.05, 3.63) is 28.1 Å². The zero-order valence-electron chi connectivity index (χ0n) is 13.3. The quantitative estimate of drug-likeness (QED) is 0.505. The van der Waals surface area contributed by atoms with Crippen LogP contribution in [0, 0.1) is 16.0 Å². The van der Waals surface area contributed by atoms with Crippen molar-refractivity contribution in [3.8, 4) is 0 Å².